The lowest BCUT2D eigenvalue weighted by Crippen LogP contribution is -2.32. The number of aliphatic carboxylic acids is 1. The molecule has 0 aromatic heterocycles. The van der Waals surface area contributed by atoms with Crippen LogP contribution in [0.1, 0.15) is 25.7 Å². The number of aliphatic imine (C=N–C) groups is 2. The number of carbonyl (C=O) groups excluding carboxylic acids is 2. The number of carbonyl (C=O) groups is 1. The topological polar surface area (TPSA) is 96.2 Å². The van der Waals surface area contributed by atoms with Crippen molar-refractivity contribution in [3.63, 3.8) is 0 Å². The smallest absolute Gasteiger partial charge is 0.306 e. The van der Waals surface area contributed by atoms with Crippen LogP contribution >= 0.6 is 0 Å². The number of hydrogen-bond donors (Lipinski definition) is 1. The quantitative estimate of drug-likeness (QED) is 0.545. The van der Waals surface area contributed by atoms with Crippen molar-refractivity contribution >= 4 is 18.1 Å². The van der Waals surface area contributed by atoms with Crippen molar-refractivity contribution in [3.05, 3.63) is 0 Å². The van der Waals surface area contributed by atoms with Gasteiger partial charge in [0, 0.05) is 0 Å². The van der Waals surface area contributed by atoms with E-state index < -0.39 is 17.6 Å². The van der Waals surface area contributed by atoms with Gasteiger partial charge >= 0.3 is 5.97 Å². The maximum Gasteiger partial charge on any atom is 0.306 e. The molecule has 0 amide bonds. The van der Waals surface area contributed by atoms with E-state index >= 15 is 0 Å². The molecular weight excluding hydrogens is 200 g/mol. The molecular formula is C9H10N2O4. The van der Waals surface area contributed by atoms with Crippen molar-refractivity contribution in [3.8, 4) is 0 Å². The first-order valence-electron chi connectivity index (χ1n) is 4.54. The zero-order valence-corrected chi connectivity index (χ0v) is 7.97. The fourth-order valence-corrected chi connectivity index (χ4v) is 1.75. The zero-order valence-electron chi connectivity index (χ0n) is 7.97. The van der Waals surface area contributed by atoms with Gasteiger partial charge in [0.1, 0.15) is 0 Å². The third kappa shape index (κ3) is 2.59. The van der Waals surface area contributed by atoms with Crippen molar-refractivity contribution in [2.45, 2.75) is 31.3 Å². The van der Waals surface area contributed by atoms with Gasteiger partial charge in [-0.2, -0.15) is 9.98 Å². The van der Waals surface area contributed by atoms with Gasteiger partial charge in [-0.05, 0) is 25.7 Å². The first-order valence-corrected chi connectivity index (χ1v) is 4.54. The molecule has 0 aromatic carbocycles. The molecule has 0 radical (unpaired) electrons. The fraction of sp³-hybridized carbons (Fsp3) is 0.667. The highest BCUT2D eigenvalue weighted by Crippen LogP contribution is 2.35. The Morgan fingerprint density at radius 3 is 2.00 bits per heavy atom. The van der Waals surface area contributed by atoms with Gasteiger partial charge in [0.05, 0.1) is 5.92 Å². The number of carboxylic acid groups (broad SMARTS) is 1. The minimum absolute atomic E-state index is 0.272. The Balaban J connectivity index is 2.77. The molecule has 15 heavy (non-hydrogen) atoms. The van der Waals surface area contributed by atoms with Gasteiger partial charge in [-0.1, -0.05) is 0 Å². The van der Waals surface area contributed by atoms with E-state index in [1.165, 1.54) is 12.2 Å². The summed E-state index contributed by atoms with van der Waals surface area (Å²) in [6.07, 6.45) is 3.97. The zero-order chi connectivity index (χ0) is 11.3. The lowest BCUT2D eigenvalue weighted by atomic mass is 9.82. The first kappa shape index (κ1) is 11.3. The van der Waals surface area contributed by atoms with Gasteiger partial charge < -0.3 is 5.11 Å². The van der Waals surface area contributed by atoms with E-state index in [2.05, 4.69) is 9.98 Å². The van der Waals surface area contributed by atoms with E-state index in [4.69, 9.17) is 5.11 Å². The summed E-state index contributed by atoms with van der Waals surface area (Å²) in [5.74, 6) is -1.31. The molecule has 1 fully saturated rings. The normalized spacial score (nSPS) is 29.7. The summed E-state index contributed by atoms with van der Waals surface area (Å²) < 4.78 is 0. The molecule has 0 aromatic rings. The van der Waals surface area contributed by atoms with Gasteiger partial charge in [-0.3, -0.25) is 4.79 Å². The molecule has 80 valence electrons. The highest BCUT2D eigenvalue weighted by Gasteiger charge is 2.37. The fourth-order valence-electron chi connectivity index (χ4n) is 1.75. The third-order valence-electron chi connectivity index (χ3n) is 2.64. The lowest BCUT2D eigenvalue weighted by Gasteiger charge is -2.29. The highest BCUT2D eigenvalue weighted by atomic mass is 16.4. The summed E-state index contributed by atoms with van der Waals surface area (Å²) in [6, 6.07) is 0. The van der Waals surface area contributed by atoms with Crippen LogP contribution in [0.15, 0.2) is 9.98 Å². The molecule has 0 heterocycles. The van der Waals surface area contributed by atoms with Crippen LogP contribution in [0.5, 0.6) is 0 Å². The molecule has 0 spiro atoms. The van der Waals surface area contributed by atoms with Crippen LogP contribution in [-0.2, 0) is 14.4 Å². The molecule has 0 aliphatic heterocycles. The van der Waals surface area contributed by atoms with Crippen LogP contribution in [0.4, 0.5) is 0 Å². The summed E-state index contributed by atoms with van der Waals surface area (Å²) in [5, 5.41) is 8.75. The average Bonchev–Trinajstić information content (AvgIpc) is 2.19. The van der Waals surface area contributed by atoms with Crippen LogP contribution in [0.25, 0.3) is 0 Å². The van der Waals surface area contributed by atoms with E-state index in [1.807, 2.05) is 0 Å². The predicted octanol–water partition coefficient (Wildman–Crippen LogP) is 0.629. The highest BCUT2D eigenvalue weighted by molar-refractivity contribution is 5.70. The maximum absolute atomic E-state index is 10.7. The van der Waals surface area contributed by atoms with Crippen LogP contribution in [0.2, 0.25) is 0 Å². The Morgan fingerprint density at radius 2 is 1.67 bits per heavy atom. The Labute approximate surface area is 85.7 Å². The van der Waals surface area contributed by atoms with Gasteiger partial charge in [-0.15, -0.1) is 0 Å². The number of nitrogens with zero attached hydrogens (tertiary/aromatic N) is 2. The molecule has 0 saturated heterocycles. The summed E-state index contributed by atoms with van der Waals surface area (Å²) in [5.41, 5.74) is -1.12. The Morgan fingerprint density at radius 1 is 1.20 bits per heavy atom. The Hall–Kier alpha value is -1.77. The van der Waals surface area contributed by atoms with E-state index in [0.717, 1.165) is 0 Å². The van der Waals surface area contributed by atoms with Crippen LogP contribution in [0, 0.1) is 5.92 Å². The summed E-state index contributed by atoms with van der Waals surface area (Å²) in [6.45, 7) is 0. The lowest BCUT2D eigenvalue weighted by molar-refractivity contribution is -0.143. The largest absolute Gasteiger partial charge is 0.481 e. The minimum atomic E-state index is -1.12. The molecule has 6 heteroatoms. The molecule has 1 N–H and O–H groups in total. The minimum Gasteiger partial charge on any atom is -0.481 e. The van der Waals surface area contributed by atoms with Gasteiger partial charge in [-0.25, -0.2) is 9.59 Å². The monoisotopic (exact) mass is 210 g/mol. The molecule has 0 unspecified atom stereocenters. The van der Waals surface area contributed by atoms with Crippen molar-refractivity contribution < 1.29 is 19.5 Å². The Kier molecular flexibility index (Phi) is 3.50. The number of hydrogen-bond acceptors (Lipinski definition) is 5. The van der Waals surface area contributed by atoms with Crippen LogP contribution in [-0.4, -0.2) is 28.9 Å². The van der Waals surface area contributed by atoms with E-state index in [-0.39, 0.29) is 12.8 Å². The van der Waals surface area contributed by atoms with Crippen LogP contribution in [0.3, 0.4) is 0 Å². The van der Waals surface area contributed by atoms with Crippen molar-refractivity contribution in [1.82, 2.24) is 0 Å². The summed E-state index contributed by atoms with van der Waals surface area (Å²) >= 11 is 0. The van der Waals surface area contributed by atoms with Crippen LogP contribution < -0.4 is 0 Å². The van der Waals surface area contributed by atoms with Gasteiger partial charge in [0.15, 0.2) is 5.66 Å². The van der Waals surface area contributed by atoms with E-state index in [9.17, 15) is 14.4 Å². The second-order valence-electron chi connectivity index (χ2n) is 3.50. The molecule has 0 atom stereocenters. The predicted molar refractivity (Wildman–Crippen MR) is 48.6 cm³/mol. The summed E-state index contributed by atoms with van der Waals surface area (Å²) in [4.78, 5) is 37.9. The maximum atomic E-state index is 10.7. The second-order valence-corrected chi connectivity index (χ2v) is 3.50. The summed E-state index contributed by atoms with van der Waals surface area (Å²) in [7, 11) is 0. The molecule has 1 aliphatic carbocycles. The number of rotatable bonds is 3. The van der Waals surface area contributed by atoms with Gasteiger partial charge in [0.2, 0.25) is 12.2 Å². The second kappa shape index (κ2) is 4.64. The van der Waals surface area contributed by atoms with E-state index in [1.54, 1.807) is 0 Å². The first-order chi connectivity index (χ1) is 7.13. The van der Waals surface area contributed by atoms with Crippen molar-refractivity contribution in [1.29, 1.82) is 0 Å². The standard InChI is InChI=1S/C9H10N2O4/c12-5-10-9(11-6-13)3-1-7(2-4-9)8(14)15/h7H,1-4H2,(H,14,15). The molecule has 1 rings (SSSR count). The third-order valence-corrected chi connectivity index (χ3v) is 2.64. The SMILES string of the molecule is O=C=NC1(N=C=O)CCC(C(=O)O)CC1. The molecule has 0 bridgehead atoms. The van der Waals surface area contributed by atoms with Crippen molar-refractivity contribution in [2.75, 3.05) is 0 Å². The number of isocyanates is 2. The Bertz CT molecular complexity index is 325. The average molecular weight is 210 g/mol. The molecule has 6 nitrogen and oxygen atoms in total. The molecule has 1 saturated carbocycles. The van der Waals surface area contributed by atoms with Gasteiger partial charge in [0.25, 0.3) is 0 Å². The molecule has 1 aliphatic rings. The van der Waals surface area contributed by atoms with E-state index in [0.29, 0.717) is 12.8 Å². The van der Waals surface area contributed by atoms with Crippen molar-refractivity contribution in [2.24, 2.45) is 15.9 Å². The number of carboxylic acids is 1.